The Balaban J connectivity index is 2.49. The van der Waals surface area contributed by atoms with Crippen molar-refractivity contribution in [2.75, 3.05) is 6.54 Å². The smallest absolute Gasteiger partial charge is 0.154 e. The van der Waals surface area contributed by atoms with Crippen LogP contribution in [0, 0.1) is 11.7 Å². The van der Waals surface area contributed by atoms with Crippen molar-refractivity contribution >= 4 is 28.5 Å². The number of halogens is 2. The van der Waals surface area contributed by atoms with Gasteiger partial charge in [0, 0.05) is 22.9 Å². The van der Waals surface area contributed by atoms with Gasteiger partial charge in [-0.15, -0.1) is 0 Å². The lowest BCUT2D eigenvalue weighted by Crippen LogP contribution is -2.09. The quantitative estimate of drug-likeness (QED) is 0.655. The first-order valence-corrected chi connectivity index (χ1v) is 7.22. The Morgan fingerprint density at radius 2 is 2.22 bits per heavy atom. The summed E-state index contributed by atoms with van der Waals surface area (Å²) in [7, 11) is 0. The summed E-state index contributed by atoms with van der Waals surface area (Å²) in [6.45, 7) is 4.98. The number of benzene rings is 1. The minimum Gasteiger partial charge on any atom is -0.379 e. The molecule has 0 fully saturated rings. The minimum absolute atomic E-state index is 0.301. The van der Waals surface area contributed by atoms with Gasteiger partial charge in [0.1, 0.15) is 5.82 Å². The molecule has 0 atom stereocenters. The average molecular weight is 289 g/mol. The van der Waals surface area contributed by atoms with E-state index in [0.29, 0.717) is 34.0 Å². The van der Waals surface area contributed by atoms with E-state index in [1.54, 1.807) is 12.1 Å². The van der Waals surface area contributed by atoms with Crippen LogP contribution in [-0.4, -0.2) is 11.7 Å². The first kappa shape index (κ1) is 15.3. The zero-order valence-corrected chi connectivity index (χ0v) is 12.2. The van der Waals surface area contributed by atoms with E-state index >= 15 is 0 Å². The van der Waals surface area contributed by atoms with E-state index in [9.17, 15) is 4.39 Å². The molecule has 0 aliphatic carbocycles. The molecule has 0 aromatic heterocycles. The molecule has 100 valence electrons. The molecular weight excluding hydrogens is 271 g/mol. The zero-order chi connectivity index (χ0) is 13.5. The highest BCUT2D eigenvalue weighted by Gasteiger charge is 2.07. The molecule has 0 heterocycles. The summed E-state index contributed by atoms with van der Waals surface area (Å²) in [4.78, 5) is 4.23. The molecule has 2 nitrogen and oxygen atoms in total. The van der Waals surface area contributed by atoms with Gasteiger partial charge in [0.15, 0.2) is 5.17 Å². The SMILES string of the molecule is CC(C)CCN=C(N)SCc1c(F)cccc1Cl. The van der Waals surface area contributed by atoms with Gasteiger partial charge in [-0.05, 0) is 24.5 Å². The molecule has 0 bridgehead atoms. The van der Waals surface area contributed by atoms with E-state index in [1.807, 2.05) is 0 Å². The van der Waals surface area contributed by atoms with Crippen LogP contribution in [0.3, 0.4) is 0 Å². The minimum atomic E-state index is -0.301. The Labute approximate surface area is 117 Å². The second-order valence-corrected chi connectivity index (χ2v) is 5.79. The number of rotatable bonds is 5. The van der Waals surface area contributed by atoms with Crippen molar-refractivity contribution in [1.82, 2.24) is 0 Å². The number of amidine groups is 1. The third-order valence-corrected chi connectivity index (χ3v) is 3.61. The average Bonchev–Trinajstić information content (AvgIpc) is 2.27. The van der Waals surface area contributed by atoms with E-state index in [-0.39, 0.29) is 5.82 Å². The van der Waals surface area contributed by atoms with Crippen LogP contribution >= 0.6 is 23.4 Å². The Morgan fingerprint density at radius 3 is 2.83 bits per heavy atom. The van der Waals surface area contributed by atoms with E-state index in [4.69, 9.17) is 17.3 Å². The molecule has 18 heavy (non-hydrogen) atoms. The predicted octanol–water partition coefficient (Wildman–Crippen LogP) is 4.07. The fraction of sp³-hybridized carbons (Fsp3) is 0.462. The molecule has 0 radical (unpaired) electrons. The Hall–Kier alpha value is -0.740. The van der Waals surface area contributed by atoms with Gasteiger partial charge < -0.3 is 5.73 Å². The largest absolute Gasteiger partial charge is 0.379 e. The number of hydrogen-bond donors (Lipinski definition) is 1. The van der Waals surface area contributed by atoms with Gasteiger partial charge in [-0.2, -0.15) is 0 Å². The van der Waals surface area contributed by atoms with Crippen molar-refractivity contribution in [3.05, 3.63) is 34.6 Å². The molecule has 0 amide bonds. The lowest BCUT2D eigenvalue weighted by molar-refractivity contribution is 0.597. The summed E-state index contributed by atoms with van der Waals surface area (Å²) < 4.78 is 13.5. The number of aliphatic imine (C=N–C) groups is 1. The molecule has 0 saturated carbocycles. The maximum Gasteiger partial charge on any atom is 0.154 e. The molecular formula is C13H18ClFN2S. The normalized spacial score (nSPS) is 12.2. The summed E-state index contributed by atoms with van der Waals surface area (Å²) in [6, 6.07) is 4.66. The van der Waals surface area contributed by atoms with Crippen LogP contribution in [-0.2, 0) is 5.75 Å². The Kier molecular flexibility index (Phi) is 6.50. The number of nitrogens with zero attached hydrogens (tertiary/aromatic N) is 1. The molecule has 0 saturated heterocycles. The number of nitrogens with two attached hydrogens (primary N) is 1. The van der Waals surface area contributed by atoms with Crippen LogP contribution in [0.5, 0.6) is 0 Å². The summed E-state index contributed by atoms with van der Waals surface area (Å²) >= 11 is 7.24. The lowest BCUT2D eigenvalue weighted by atomic mass is 10.1. The second kappa shape index (κ2) is 7.64. The van der Waals surface area contributed by atoms with Gasteiger partial charge in [-0.25, -0.2) is 4.39 Å². The third kappa shape index (κ3) is 5.27. The van der Waals surface area contributed by atoms with Crippen molar-refractivity contribution in [2.24, 2.45) is 16.6 Å². The molecule has 5 heteroatoms. The van der Waals surface area contributed by atoms with E-state index in [0.717, 1.165) is 6.42 Å². The van der Waals surface area contributed by atoms with Gasteiger partial charge in [0.2, 0.25) is 0 Å². The van der Waals surface area contributed by atoms with E-state index in [1.165, 1.54) is 17.8 Å². The summed E-state index contributed by atoms with van der Waals surface area (Å²) in [6.07, 6.45) is 1.00. The van der Waals surface area contributed by atoms with E-state index < -0.39 is 0 Å². The summed E-state index contributed by atoms with van der Waals surface area (Å²) in [5, 5.41) is 0.910. The first-order chi connectivity index (χ1) is 8.50. The van der Waals surface area contributed by atoms with Crippen LogP contribution in [0.25, 0.3) is 0 Å². The van der Waals surface area contributed by atoms with Crippen molar-refractivity contribution in [3.8, 4) is 0 Å². The van der Waals surface area contributed by atoms with Crippen molar-refractivity contribution in [2.45, 2.75) is 26.0 Å². The van der Waals surface area contributed by atoms with Crippen molar-refractivity contribution < 1.29 is 4.39 Å². The third-order valence-electron chi connectivity index (χ3n) is 2.40. The van der Waals surface area contributed by atoms with Crippen LogP contribution in [0.2, 0.25) is 5.02 Å². The van der Waals surface area contributed by atoms with Gasteiger partial charge in [0.05, 0.1) is 0 Å². The fourth-order valence-electron chi connectivity index (χ4n) is 1.29. The number of thioether (sulfide) groups is 1. The molecule has 1 rings (SSSR count). The highest BCUT2D eigenvalue weighted by molar-refractivity contribution is 8.13. The van der Waals surface area contributed by atoms with Gasteiger partial charge in [-0.1, -0.05) is 43.3 Å². The maximum atomic E-state index is 13.5. The van der Waals surface area contributed by atoms with Crippen molar-refractivity contribution in [1.29, 1.82) is 0 Å². The molecule has 0 unspecified atom stereocenters. The summed E-state index contributed by atoms with van der Waals surface area (Å²) in [5.41, 5.74) is 6.23. The van der Waals surface area contributed by atoms with E-state index in [2.05, 4.69) is 18.8 Å². The van der Waals surface area contributed by atoms with Crippen LogP contribution < -0.4 is 5.73 Å². The maximum absolute atomic E-state index is 13.5. The lowest BCUT2D eigenvalue weighted by Gasteiger charge is -2.06. The highest BCUT2D eigenvalue weighted by Crippen LogP contribution is 2.23. The Bertz CT molecular complexity index is 401. The van der Waals surface area contributed by atoms with Crippen LogP contribution in [0.15, 0.2) is 23.2 Å². The predicted molar refractivity (Wildman–Crippen MR) is 78.6 cm³/mol. The molecule has 2 N–H and O–H groups in total. The van der Waals surface area contributed by atoms with Gasteiger partial charge >= 0.3 is 0 Å². The number of hydrogen-bond acceptors (Lipinski definition) is 2. The molecule has 0 aliphatic rings. The fourth-order valence-corrected chi connectivity index (χ4v) is 2.37. The van der Waals surface area contributed by atoms with Crippen LogP contribution in [0.1, 0.15) is 25.8 Å². The highest BCUT2D eigenvalue weighted by atomic mass is 35.5. The zero-order valence-electron chi connectivity index (χ0n) is 10.6. The monoisotopic (exact) mass is 288 g/mol. The second-order valence-electron chi connectivity index (χ2n) is 4.39. The molecule has 0 aliphatic heterocycles. The van der Waals surface area contributed by atoms with Gasteiger partial charge in [0.25, 0.3) is 0 Å². The summed E-state index contributed by atoms with van der Waals surface area (Å²) in [5.74, 6) is 0.709. The van der Waals surface area contributed by atoms with Crippen molar-refractivity contribution in [3.63, 3.8) is 0 Å². The first-order valence-electron chi connectivity index (χ1n) is 5.86. The standard InChI is InChI=1S/C13H18ClFN2S/c1-9(2)6-7-17-13(16)18-8-10-11(14)4-3-5-12(10)15/h3-5,9H,6-8H2,1-2H3,(H2,16,17). The Morgan fingerprint density at radius 1 is 1.50 bits per heavy atom. The molecule has 1 aromatic carbocycles. The van der Waals surface area contributed by atoms with Crippen LogP contribution in [0.4, 0.5) is 4.39 Å². The molecule has 1 aromatic rings. The van der Waals surface area contributed by atoms with Gasteiger partial charge in [-0.3, -0.25) is 4.99 Å². The topological polar surface area (TPSA) is 38.4 Å². The molecule has 0 spiro atoms.